The summed E-state index contributed by atoms with van der Waals surface area (Å²) in [6.07, 6.45) is 0. The third-order valence-corrected chi connectivity index (χ3v) is 3.79. The SMILES string of the molecule is CC(=O)N(C)C.CC(=O)N(C)C.CC(=O)N(C)C.CC(=O)N(C)C.CC(=O)N(C)C.NCCNCCN.[Gd]. The van der Waals surface area contributed by atoms with Gasteiger partial charge >= 0.3 is 0 Å². The van der Waals surface area contributed by atoms with Crippen molar-refractivity contribution in [3.63, 3.8) is 0 Å². The Morgan fingerprint density at radius 3 is 0.605 bits per heavy atom. The maximum Gasteiger partial charge on any atom is 0.218 e. The first-order valence-electron chi connectivity index (χ1n) is 11.6. The smallest absolute Gasteiger partial charge is 0.218 e. The largest absolute Gasteiger partial charge is 0.349 e. The van der Waals surface area contributed by atoms with E-state index in [4.69, 9.17) is 11.5 Å². The molecule has 0 saturated heterocycles. The monoisotopic (exact) mass is 696 g/mol. The fourth-order valence-corrected chi connectivity index (χ4v) is 0.329. The van der Waals surface area contributed by atoms with Crippen molar-refractivity contribution in [3.05, 3.63) is 0 Å². The van der Waals surface area contributed by atoms with Gasteiger partial charge in [0.1, 0.15) is 0 Å². The fourth-order valence-electron chi connectivity index (χ4n) is 0.329. The topological polar surface area (TPSA) is 166 Å². The van der Waals surface area contributed by atoms with Crippen molar-refractivity contribution in [3.8, 4) is 0 Å². The van der Waals surface area contributed by atoms with E-state index in [2.05, 4.69) is 5.32 Å². The maximum absolute atomic E-state index is 10.1. The predicted molar refractivity (Wildman–Crippen MR) is 153 cm³/mol. The van der Waals surface area contributed by atoms with Gasteiger partial charge in [0, 0.05) is 171 Å². The Balaban J connectivity index is -0.0000000604. The zero-order chi connectivity index (χ0) is 31.3. The van der Waals surface area contributed by atoms with Gasteiger partial charge in [0.15, 0.2) is 0 Å². The molecule has 0 aliphatic heterocycles. The van der Waals surface area contributed by atoms with Crippen LogP contribution < -0.4 is 16.8 Å². The predicted octanol–water partition coefficient (Wildman–Crippen LogP) is -1.03. The molecular formula is C24H58GdN8O5. The molecule has 0 atom stereocenters. The zero-order valence-electron chi connectivity index (χ0n) is 26.6. The van der Waals surface area contributed by atoms with Gasteiger partial charge in [0.25, 0.3) is 0 Å². The van der Waals surface area contributed by atoms with Crippen LogP contribution in [0.2, 0.25) is 0 Å². The molecular weight excluding hydrogens is 638 g/mol. The molecule has 13 nitrogen and oxygen atoms in total. The van der Waals surface area contributed by atoms with E-state index in [1.807, 2.05) is 0 Å². The molecule has 0 rings (SSSR count). The summed E-state index contributed by atoms with van der Waals surface area (Å²) in [5.41, 5.74) is 10.3. The molecule has 5 N–H and O–H groups in total. The first kappa shape index (κ1) is 52.9. The summed E-state index contributed by atoms with van der Waals surface area (Å²) in [6, 6.07) is 0. The van der Waals surface area contributed by atoms with E-state index in [0.717, 1.165) is 13.1 Å². The molecule has 0 radical (unpaired) electrons. The van der Waals surface area contributed by atoms with Crippen molar-refractivity contribution in [2.24, 2.45) is 11.5 Å². The normalized spacial score (nSPS) is 7.92. The number of carbonyl (C=O) groups excluding carboxylic acids is 5. The minimum Gasteiger partial charge on any atom is -0.349 e. The van der Waals surface area contributed by atoms with E-state index in [-0.39, 0.29) is 69.5 Å². The fraction of sp³-hybridized carbons (Fsp3) is 0.792. The van der Waals surface area contributed by atoms with Gasteiger partial charge < -0.3 is 41.3 Å². The van der Waals surface area contributed by atoms with Crippen molar-refractivity contribution < 1.29 is 63.9 Å². The Bertz CT molecular complexity index is 480. The summed E-state index contributed by atoms with van der Waals surface area (Å²) in [6.45, 7) is 10.8. The molecule has 0 aromatic heterocycles. The van der Waals surface area contributed by atoms with Crippen molar-refractivity contribution in [2.75, 3.05) is 96.7 Å². The summed E-state index contributed by atoms with van der Waals surface area (Å²) in [5.74, 6) is 0.463. The van der Waals surface area contributed by atoms with E-state index in [9.17, 15) is 24.0 Å². The first-order chi connectivity index (χ1) is 16.6. The molecule has 38 heavy (non-hydrogen) atoms. The third kappa shape index (κ3) is 76.5. The number of hydrogen-bond acceptors (Lipinski definition) is 8. The van der Waals surface area contributed by atoms with Gasteiger partial charge in [-0.25, -0.2) is 0 Å². The molecule has 0 heterocycles. The van der Waals surface area contributed by atoms with Crippen molar-refractivity contribution >= 4 is 29.5 Å². The quantitative estimate of drug-likeness (QED) is 0.314. The number of rotatable bonds is 4. The van der Waals surface area contributed by atoms with Crippen LogP contribution in [0, 0.1) is 39.9 Å². The molecule has 0 aliphatic rings. The van der Waals surface area contributed by atoms with Gasteiger partial charge in [-0.1, -0.05) is 0 Å². The summed E-state index contributed by atoms with van der Waals surface area (Å²) in [4.78, 5) is 58.0. The van der Waals surface area contributed by atoms with E-state index < -0.39 is 0 Å². The number of carbonyl (C=O) groups is 5. The summed E-state index contributed by atoms with van der Waals surface area (Å²) >= 11 is 0. The standard InChI is InChI=1S/C4H13N3.5C4H9NO.Gd/c5-1-3-7-4-2-6;5*1-4(6)5(2)3;/h7H,1-6H2;5*1-3H3;. The van der Waals surface area contributed by atoms with Crippen LogP contribution in [0.1, 0.15) is 34.6 Å². The van der Waals surface area contributed by atoms with Crippen LogP contribution in [-0.4, -0.2) is 151 Å². The Hall–Kier alpha value is -1.45. The molecule has 0 aliphatic carbocycles. The van der Waals surface area contributed by atoms with Crippen molar-refractivity contribution in [2.45, 2.75) is 34.6 Å². The van der Waals surface area contributed by atoms with Crippen LogP contribution in [0.4, 0.5) is 0 Å². The Morgan fingerprint density at radius 2 is 0.553 bits per heavy atom. The van der Waals surface area contributed by atoms with Gasteiger partial charge in [0.2, 0.25) is 29.5 Å². The molecule has 0 bridgehead atoms. The molecule has 0 fully saturated rings. The van der Waals surface area contributed by atoms with Gasteiger partial charge in [-0.2, -0.15) is 0 Å². The van der Waals surface area contributed by atoms with E-state index in [1.165, 1.54) is 59.1 Å². The number of hydrogen-bond donors (Lipinski definition) is 3. The average molecular weight is 696 g/mol. The van der Waals surface area contributed by atoms with Crippen LogP contribution in [0.3, 0.4) is 0 Å². The van der Waals surface area contributed by atoms with E-state index >= 15 is 0 Å². The molecule has 0 unspecified atom stereocenters. The number of nitrogens with one attached hydrogen (secondary N) is 1. The summed E-state index contributed by atoms with van der Waals surface area (Å²) in [7, 11) is 17.2. The molecule has 0 aromatic rings. The zero-order valence-corrected chi connectivity index (χ0v) is 28.9. The van der Waals surface area contributed by atoms with Crippen LogP contribution in [-0.2, 0) is 24.0 Å². The van der Waals surface area contributed by atoms with Crippen molar-refractivity contribution in [1.82, 2.24) is 29.8 Å². The summed E-state index contributed by atoms with van der Waals surface area (Å²) < 4.78 is 0. The van der Waals surface area contributed by atoms with Crippen molar-refractivity contribution in [1.29, 1.82) is 0 Å². The third-order valence-electron chi connectivity index (χ3n) is 3.79. The molecule has 232 valence electrons. The Morgan fingerprint density at radius 1 is 0.447 bits per heavy atom. The molecule has 0 spiro atoms. The van der Waals surface area contributed by atoms with Gasteiger partial charge in [-0.15, -0.1) is 0 Å². The van der Waals surface area contributed by atoms with E-state index in [0.29, 0.717) is 13.1 Å². The van der Waals surface area contributed by atoms with E-state index in [1.54, 1.807) is 70.5 Å². The Kier molecular flexibility index (Phi) is 52.5. The summed E-state index contributed by atoms with van der Waals surface area (Å²) in [5, 5.41) is 3.03. The second kappa shape index (κ2) is 37.7. The minimum atomic E-state index is 0. The number of nitrogens with two attached hydrogens (primary N) is 2. The molecule has 0 aromatic carbocycles. The molecule has 5 amide bonds. The molecule has 0 saturated carbocycles. The van der Waals surface area contributed by atoms with Gasteiger partial charge in [-0.3, -0.25) is 24.0 Å². The van der Waals surface area contributed by atoms with Crippen LogP contribution >= 0.6 is 0 Å². The van der Waals surface area contributed by atoms with Gasteiger partial charge in [0.05, 0.1) is 0 Å². The Labute approximate surface area is 264 Å². The minimum absolute atomic E-state index is 0. The van der Waals surface area contributed by atoms with Crippen LogP contribution in [0.5, 0.6) is 0 Å². The van der Waals surface area contributed by atoms with Crippen LogP contribution in [0.25, 0.3) is 0 Å². The second-order valence-corrected chi connectivity index (χ2v) is 8.39. The number of nitrogens with zero attached hydrogens (tertiary/aromatic N) is 5. The number of amides is 5. The second-order valence-electron chi connectivity index (χ2n) is 8.39. The maximum atomic E-state index is 10.1. The first-order valence-corrected chi connectivity index (χ1v) is 11.6. The van der Waals surface area contributed by atoms with Crippen LogP contribution in [0.15, 0.2) is 0 Å². The van der Waals surface area contributed by atoms with Gasteiger partial charge in [-0.05, 0) is 0 Å². The average Bonchev–Trinajstić information content (AvgIpc) is 2.76. The molecule has 14 heteroatoms.